The van der Waals surface area contributed by atoms with Crippen LogP contribution in [0.5, 0.6) is 0 Å². The zero-order chi connectivity index (χ0) is 13.0. The Morgan fingerprint density at radius 3 is 2.72 bits per heavy atom. The molecule has 0 bridgehead atoms. The lowest BCUT2D eigenvalue weighted by atomic mass is 10.1. The van der Waals surface area contributed by atoms with Crippen molar-refractivity contribution in [2.75, 3.05) is 0 Å². The number of aryl methyl sites for hydroxylation is 1. The van der Waals surface area contributed by atoms with Crippen LogP contribution in [0.1, 0.15) is 11.5 Å². The second-order valence-electron chi connectivity index (χ2n) is 3.49. The fourth-order valence-corrected chi connectivity index (χ4v) is 1.31. The van der Waals surface area contributed by atoms with Gasteiger partial charge in [0.05, 0.1) is 6.21 Å². The predicted octanol–water partition coefficient (Wildman–Crippen LogP) is 1.05. The number of urea groups is 1. The molecular formula is C11H11N5O2. The van der Waals surface area contributed by atoms with E-state index >= 15 is 0 Å². The minimum absolute atomic E-state index is 0.515. The third-order valence-corrected chi connectivity index (χ3v) is 2.08. The maximum absolute atomic E-state index is 10.4. The average molecular weight is 245 g/mol. The SMILES string of the molecule is Cc1nc(-c2ccc(C=NNC(N)=O)cc2)no1. The third-order valence-electron chi connectivity index (χ3n) is 2.08. The molecule has 2 aromatic rings. The van der Waals surface area contributed by atoms with Crippen LogP contribution in [0, 0.1) is 6.92 Å². The van der Waals surface area contributed by atoms with Crippen LogP contribution in [-0.4, -0.2) is 22.4 Å². The van der Waals surface area contributed by atoms with Gasteiger partial charge in [-0.05, 0) is 5.56 Å². The molecule has 0 saturated carbocycles. The van der Waals surface area contributed by atoms with Crippen molar-refractivity contribution in [1.82, 2.24) is 15.6 Å². The quantitative estimate of drug-likeness (QED) is 0.622. The van der Waals surface area contributed by atoms with Gasteiger partial charge in [0.15, 0.2) is 0 Å². The number of carbonyl (C=O) groups is 1. The van der Waals surface area contributed by atoms with Gasteiger partial charge in [-0.15, -0.1) is 0 Å². The van der Waals surface area contributed by atoms with Gasteiger partial charge in [0.2, 0.25) is 11.7 Å². The monoisotopic (exact) mass is 245 g/mol. The highest BCUT2D eigenvalue weighted by Crippen LogP contribution is 2.15. The molecule has 0 aliphatic heterocycles. The largest absolute Gasteiger partial charge is 0.350 e. The van der Waals surface area contributed by atoms with Crippen molar-refractivity contribution in [3.05, 3.63) is 35.7 Å². The number of hydrogen-bond acceptors (Lipinski definition) is 5. The summed E-state index contributed by atoms with van der Waals surface area (Å²) in [7, 11) is 0. The first-order valence-corrected chi connectivity index (χ1v) is 5.14. The van der Waals surface area contributed by atoms with Crippen LogP contribution in [0.3, 0.4) is 0 Å². The molecule has 2 amide bonds. The van der Waals surface area contributed by atoms with Crippen molar-refractivity contribution in [1.29, 1.82) is 0 Å². The zero-order valence-electron chi connectivity index (χ0n) is 9.62. The average Bonchev–Trinajstić information content (AvgIpc) is 2.76. The van der Waals surface area contributed by atoms with E-state index in [4.69, 9.17) is 10.3 Å². The second kappa shape index (κ2) is 5.09. The summed E-state index contributed by atoms with van der Waals surface area (Å²) in [4.78, 5) is 14.5. The highest BCUT2D eigenvalue weighted by molar-refractivity contribution is 5.82. The molecule has 0 spiro atoms. The lowest BCUT2D eigenvalue weighted by molar-refractivity contribution is 0.249. The summed E-state index contributed by atoms with van der Waals surface area (Å²) >= 11 is 0. The molecule has 92 valence electrons. The van der Waals surface area contributed by atoms with Gasteiger partial charge in [0.25, 0.3) is 0 Å². The smallest absolute Gasteiger partial charge is 0.332 e. The van der Waals surface area contributed by atoms with Crippen LogP contribution in [-0.2, 0) is 0 Å². The lowest BCUT2D eigenvalue weighted by Crippen LogP contribution is -2.24. The minimum atomic E-state index is -0.704. The van der Waals surface area contributed by atoms with Crippen LogP contribution in [0.15, 0.2) is 33.9 Å². The summed E-state index contributed by atoms with van der Waals surface area (Å²) in [5.74, 6) is 1.05. The molecule has 0 fully saturated rings. The Morgan fingerprint density at radius 2 is 2.17 bits per heavy atom. The van der Waals surface area contributed by atoms with E-state index in [1.165, 1.54) is 6.21 Å². The number of nitrogens with two attached hydrogens (primary N) is 1. The molecule has 3 N–H and O–H groups in total. The van der Waals surface area contributed by atoms with E-state index < -0.39 is 6.03 Å². The molecule has 0 atom stereocenters. The van der Waals surface area contributed by atoms with Crippen LogP contribution >= 0.6 is 0 Å². The zero-order valence-corrected chi connectivity index (χ0v) is 9.62. The number of hydrogen-bond donors (Lipinski definition) is 2. The van der Waals surface area contributed by atoms with Gasteiger partial charge >= 0.3 is 6.03 Å². The first-order chi connectivity index (χ1) is 8.65. The molecule has 18 heavy (non-hydrogen) atoms. The third kappa shape index (κ3) is 2.91. The Hall–Kier alpha value is -2.70. The Kier molecular flexibility index (Phi) is 3.33. The summed E-state index contributed by atoms with van der Waals surface area (Å²) in [6.07, 6.45) is 1.48. The molecule has 0 aliphatic carbocycles. The van der Waals surface area contributed by atoms with E-state index in [0.717, 1.165) is 11.1 Å². The second-order valence-corrected chi connectivity index (χ2v) is 3.49. The van der Waals surface area contributed by atoms with Crippen molar-refractivity contribution < 1.29 is 9.32 Å². The molecule has 0 radical (unpaired) electrons. The summed E-state index contributed by atoms with van der Waals surface area (Å²) in [6, 6.07) is 6.58. The topological polar surface area (TPSA) is 106 Å². The molecule has 1 heterocycles. The van der Waals surface area contributed by atoms with E-state index in [9.17, 15) is 4.79 Å². The fourth-order valence-electron chi connectivity index (χ4n) is 1.31. The van der Waals surface area contributed by atoms with E-state index in [-0.39, 0.29) is 0 Å². The van der Waals surface area contributed by atoms with Gasteiger partial charge in [0, 0.05) is 12.5 Å². The van der Waals surface area contributed by atoms with E-state index in [1.54, 1.807) is 6.92 Å². The van der Waals surface area contributed by atoms with Crippen LogP contribution in [0.2, 0.25) is 0 Å². The molecule has 0 aliphatic rings. The van der Waals surface area contributed by atoms with Crippen molar-refractivity contribution in [3.63, 3.8) is 0 Å². The Labute approximate surface area is 103 Å². The number of rotatable bonds is 3. The number of hydrazone groups is 1. The van der Waals surface area contributed by atoms with Crippen molar-refractivity contribution in [2.24, 2.45) is 10.8 Å². The molecule has 7 nitrogen and oxygen atoms in total. The van der Waals surface area contributed by atoms with Crippen LogP contribution < -0.4 is 11.2 Å². The van der Waals surface area contributed by atoms with Crippen molar-refractivity contribution in [3.8, 4) is 11.4 Å². The van der Waals surface area contributed by atoms with E-state index in [2.05, 4.69) is 20.7 Å². The number of amides is 2. The number of aromatic nitrogens is 2. The maximum atomic E-state index is 10.4. The number of nitrogens with one attached hydrogen (secondary N) is 1. The highest BCUT2D eigenvalue weighted by Gasteiger charge is 2.04. The number of benzene rings is 1. The Balaban J connectivity index is 2.10. The molecule has 2 rings (SSSR count). The van der Waals surface area contributed by atoms with Crippen LogP contribution in [0.4, 0.5) is 4.79 Å². The summed E-state index contributed by atoms with van der Waals surface area (Å²) < 4.78 is 4.89. The van der Waals surface area contributed by atoms with Gasteiger partial charge in [-0.25, -0.2) is 10.2 Å². The minimum Gasteiger partial charge on any atom is -0.350 e. The standard InChI is InChI=1S/C11H11N5O2/c1-7-14-10(16-18-7)9-4-2-8(3-5-9)6-13-15-11(12)17/h2-6H,1H3,(H3,12,15,17). The van der Waals surface area contributed by atoms with Crippen molar-refractivity contribution in [2.45, 2.75) is 6.92 Å². The number of primary amides is 1. The van der Waals surface area contributed by atoms with E-state index in [1.807, 2.05) is 24.3 Å². The van der Waals surface area contributed by atoms with Gasteiger partial charge in [-0.2, -0.15) is 10.1 Å². The van der Waals surface area contributed by atoms with E-state index in [0.29, 0.717) is 11.7 Å². The lowest BCUT2D eigenvalue weighted by Gasteiger charge is -1.96. The van der Waals surface area contributed by atoms with Crippen LogP contribution in [0.25, 0.3) is 11.4 Å². The molecule has 1 aromatic carbocycles. The predicted molar refractivity (Wildman–Crippen MR) is 64.8 cm³/mol. The van der Waals surface area contributed by atoms with Gasteiger partial charge < -0.3 is 10.3 Å². The Morgan fingerprint density at radius 1 is 1.44 bits per heavy atom. The molecule has 0 saturated heterocycles. The van der Waals surface area contributed by atoms with Gasteiger partial charge in [-0.3, -0.25) is 0 Å². The first kappa shape index (κ1) is 11.8. The van der Waals surface area contributed by atoms with Gasteiger partial charge in [0.1, 0.15) is 0 Å². The molecule has 1 aromatic heterocycles. The summed E-state index contributed by atoms with van der Waals surface area (Å²) in [6.45, 7) is 1.73. The first-order valence-electron chi connectivity index (χ1n) is 5.14. The Bertz CT molecular complexity index is 573. The number of carbonyl (C=O) groups excluding carboxylic acids is 1. The summed E-state index contributed by atoms with van der Waals surface area (Å²) in [5.41, 5.74) is 8.63. The highest BCUT2D eigenvalue weighted by atomic mass is 16.5. The maximum Gasteiger partial charge on any atom is 0.332 e. The normalized spacial score (nSPS) is 10.7. The molecular weight excluding hydrogens is 234 g/mol. The van der Waals surface area contributed by atoms with Gasteiger partial charge in [-0.1, -0.05) is 29.4 Å². The summed E-state index contributed by atoms with van der Waals surface area (Å²) in [5, 5.41) is 7.46. The van der Waals surface area contributed by atoms with Crippen molar-refractivity contribution >= 4 is 12.2 Å². The number of nitrogens with zero attached hydrogens (tertiary/aromatic N) is 3. The molecule has 0 unspecified atom stereocenters. The molecule has 7 heteroatoms. The fraction of sp³-hybridized carbons (Fsp3) is 0.0909.